The first-order valence-corrected chi connectivity index (χ1v) is 17.4. The second-order valence-electron chi connectivity index (χ2n) is 11.0. The van der Waals surface area contributed by atoms with Gasteiger partial charge < -0.3 is 14.7 Å². The summed E-state index contributed by atoms with van der Waals surface area (Å²) in [6.07, 6.45) is -0.376. The van der Waals surface area contributed by atoms with Gasteiger partial charge in [-0.2, -0.15) is 0 Å². The van der Waals surface area contributed by atoms with Gasteiger partial charge in [-0.3, -0.25) is 13.9 Å². The summed E-state index contributed by atoms with van der Waals surface area (Å²) in [5.41, 5.74) is 1.32. The zero-order chi connectivity index (χ0) is 33.1. The topological polar surface area (TPSA) is 104 Å². The molecule has 11 heteroatoms. The van der Waals surface area contributed by atoms with Gasteiger partial charge in [0.1, 0.15) is 6.10 Å². The van der Waals surface area contributed by atoms with E-state index in [1.807, 2.05) is 64.1 Å². The molecule has 3 aromatic carbocycles. The summed E-state index contributed by atoms with van der Waals surface area (Å²) >= 11 is 11.6. The number of para-hydroxylation sites is 1. The third-order valence-corrected chi connectivity index (χ3v) is 10.2. The third-order valence-electron chi connectivity index (χ3n) is 7.45. The highest BCUT2D eigenvalue weighted by atomic mass is 35.5. The smallest absolute Gasteiger partial charge is 0.306 e. The zero-order valence-corrected chi connectivity index (χ0v) is 28.4. The van der Waals surface area contributed by atoms with Crippen LogP contribution in [0.15, 0.2) is 84.9 Å². The van der Waals surface area contributed by atoms with Crippen molar-refractivity contribution < 1.29 is 27.9 Å². The van der Waals surface area contributed by atoms with Gasteiger partial charge in [-0.15, -0.1) is 0 Å². The molecule has 1 saturated heterocycles. The van der Waals surface area contributed by atoms with Gasteiger partial charge in [-0.25, -0.2) is 8.42 Å². The van der Waals surface area contributed by atoms with Gasteiger partial charge in [-0.1, -0.05) is 99.4 Å². The van der Waals surface area contributed by atoms with E-state index in [4.69, 9.17) is 27.9 Å². The number of halogens is 2. The van der Waals surface area contributed by atoms with E-state index in [-0.39, 0.29) is 19.1 Å². The van der Waals surface area contributed by atoms with Crippen LogP contribution in [0, 0.1) is 5.92 Å². The molecule has 45 heavy (non-hydrogen) atoms. The lowest BCUT2D eigenvalue weighted by Crippen LogP contribution is -2.59. The average molecular weight is 678 g/mol. The maximum absolute atomic E-state index is 13.7. The molecule has 1 N–H and O–H groups in total. The number of morpholine rings is 1. The number of amides is 1. The van der Waals surface area contributed by atoms with E-state index in [9.17, 15) is 23.1 Å². The number of ether oxygens (including phenoxy) is 1. The molecule has 3 atom stereocenters. The van der Waals surface area contributed by atoms with E-state index in [0.717, 1.165) is 10.6 Å². The second-order valence-corrected chi connectivity index (χ2v) is 14.0. The predicted octanol–water partition coefficient (Wildman–Crippen LogP) is 7.47. The Kier molecular flexibility index (Phi) is 13.7. The van der Waals surface area contributed by atoms with E-state index in [1.165, 1.54) is 4.31 Å². The number of rotatable bonds is 10. The number of sulfonamides is 1. The lowest BCUT2D eigenvalue weighted by molar-refractivity contribution is -0.170. The van der Waals surface area contributed by atoms with Crippen LogP contribution in [-0.2, 0) is 24.3 Å². The highest BCUT2D eigenvalue weighted by Gasteiger charge is 2.46. The molecule has 0 bridgehead atoms. The Balaban J connectivity index is 0.000000534. The molecular weight excluding hydrogens is 635 g/mol. The van der Waals surface area contributed by atoms with Crippen molar-refractivity contribution in [3.8, 4) is 0 Å². The summed E-state index contributed by atoms with van der Waals surface area (Å²) in [6.45, 7) is 8.02. The van der Waals surface area contributed by atoms with Crippen LogP contribution in [0.4, 0.5) is 5.69 Å². The first-order chi connectivity index (χ1) is 21.5. The Labute approximate surface area is 277 Å². The number of carboxylic acid groups (broad SMARTS) is 1. The monoisotopic (exact) mass is 676 g/mol. The molecule has 0 radical (unpaired) electrons. The summed E-state index contributed by atoms with van der Waals surface area (Å²) in [5.74, 6) is -1.73. The fraction of sp³-hybridized carbons (Fsp3) is 0.412. The lowest BCUT2D eigenvalue weighted by Gasteiger charge is -2.46. The maximum atomic E-state index is 13.7. The van der Waals surface area contributed by atoms with Gasteiger partial charge >= 0.3 is 5.97 Å². The van der Waals surface area contributed by atoms with Gasteiger partial charge in [0, 0.05) is 10.0 Å². The van der Waals surface area contributed by atoms with Crippen molar-refractivity contribution in [1.82, 2.24) is 4.90 Å². The van der Waals surface area contributed by atoms with Crippen LogP contribution in [0.1, 0.15) is 58.6 Å². The van der Waals surface area contributed by atoms with Crippen molar-refractivity contribution in [2.75, 3.05) is 17.5 Å². The van der Waals surface area contributed by atoms with Crippen molar-refractivity contribution in [2.45, 2.75) is 70.4 Å². The molecule has 2 fully saturated rings. The molecule has 2 aliphatic rings. The minimum absolute atomic E-state index is 0.0517. The Morgan fingerprint density at radius 3 is 1.93 bits per heavy atom. The van der Waals surface area contributed by atoms with Gasteiger partial charge in [0.15, 0.2) is 0 Å². The van der Waals surface area contributed by atoms with E-state index >= 15 is 0 Å². The molecule has 1 unspecified atom stereocenters. The molecule has 1 heterocycles. The van der Waals surface area contributed by atoms with Crippen LogP contribution in [0.3, 0.4) is 0 Å². The SMILES string of the molecule is CC.CC(C)C(CN(c1ccccc1)S(=O)(=O)C1CC1)N1C(=O)[C@@H](CC(=O)O)OC[C@H]1c1ccc(Cl)cc1.Clc1ccccc1. The molecule has 3 aromatic rings. The normalized spacial score (nSPS) is 18.6. The lowest BCUT2D eigenvalue weighted by atomic mass is 9.94. The summed E-state index contributed by atoms with van der Waals surface area (Å²) in [4.78, 5) is 26.8. The molecule has 1 saturated carbocycles. The first kappa shape index (κ1) is 36.4. The molecule has 8 nitrogen and oxygen atoms in total. The number of benzene rings is 3. The summed E-state index contributed by atoms with van der Waals surface area (Å²) in [6, 6.07) is 24.3. The van der Waals surface area contributed by atoms with Gasteiger partial charge in [0.05, 0.1) is 42.6 Å². The number of nitrogens with zero attached hydrogens (tertiary/aromatic N) is 2. The number of aliphatic carboxylic acids is 1. The van der Waals surface area contributed by atoms with Crippen molar-refractivity contribution in [1.29, 1.82) is 0 Å². The molecule has 0 aromatic heterocycles. The minimum Gasteiger partial charge on any atom is -0.481 e. The Morgan fingerprint density at radius 2 is 1.47 bits per heavy atom. The highest BCUT2D eigenvalue weighted by molar-refractivity contribution is 7.93. The largest absolute Gasteiger partial charge is 0.481 e. The Bertz CT molecular complexity index is 1470. The second kappa shape index (κ2) is 17.0. The van der Waals surface area contributed by atoms with Crippen molar-refractivity contribution >= 4 is 50.8 Å². The van der Waals surface area contributed by atoms with Crippen molar-refractivity contribution in [3.05, 3.63) is 101 Å². The van der Waals surface area contributed by atoms with Crippen LogP contribution in [0.2, 0.25) is 10.0 Å². The van der Waals surface area contributed by atoms with Gasteiger partial charge in [-0.05, 0) is 60.7 Å². The molecule has 244 valence electrons. The van der Waals surface area contributed by atoms with Crippen LogP contribution in [0.5, 0.6) is 0 Å². The fourth-order valence-electron chi connectivity index (χ4n) is 5.02. The number of carbonyl (C=O) groups excluding carboxylic acids is 1. The van der Waals surface area contributed by atoms with Crippen molar-refractivity contribution in [2.24, 2.45) is 5.92 Å². The predicted molar refractivity (Wildman–Crippen MR) is 180 cm³/mol. The van der Waals surface area contributed by atoms with Gasteiger partial charge in [0.2, 0.25) is 10.0 Å². The van der Waals surface area contributed by atoms with Crippen LogP contribution in [-0.4, -0.2) is 60.8 Å². The molecule has 1 amide bonds. The standard InChI is InChI=1S/C26H31ClN2O6S.C6H5Cl.C2H6/c1-17(2)22(15-28(20-6-4-3-5-7-20)36(33,34)21-12-13-21)29-23(18-8-10-19(27)11-9-18)16-35-24(26(29)32)14-25(30)31;7-6-4-2-1-3-5-6;1-2/h3-11,17,21-24H,12-16H2,1-2H3,(H,30,31);1-5H;1-2H3/t22?,23-,24+;;/m0../s1. The summed E-state index contributed by atoms with van der Waals surface area (Å²) in [7, 11) is -3.63. The molecule has 5 rings (SSSR count). The quantitative estimate of drug-likeness (QED) is 0.239. The molecule has 0 spiro atoms. The third kappa shape index (κ3) is 9.94. The van der Waals surface area contributed by atoms with E-state index in [0.29, 0.717) is 23.6 Å². The number of carboxylic acids is 1. The Morgan fingerprint density at radius 1 is 0.933 bits per heavy atom. The van der Waals surface area contributed by atoms with Gasteiger partial charge in [0.25, 0.3) is 5.91 Å². The minimum atomic E-state index is -3.63. The van der Waals surface area contributed by atoms with Crippen LogP contribution >= 0.6 is 23.2 Å². The summed E-state index contributed by atoms with van der Waals surface area (Å²) < 4.78 is 34.2. The number of hydrogen-bond donors (Lipinski definition) is 1. The average Bonchev–Trinajstić information content (AvgIpc) is 3.88. The van der Waals surface area contributed by atoms with Crippen LogP contribution < -0.4 is 4.31 Å². The summed E-state index contributed by atoms with van der Waals surface area (Å²) in [5, 5.41) is 10.3. The molecular formula is C34H42Cl2N2O6S. The number of hydrogen-bond acceptors (Lipinski definition) is 5. The van der Waals surface area contributed by atoms with E-state index in [2.05, 4.69) is 0 Å². The van der Waals surface area contributed by atoms with Crippen molar-refractivity contribution in [3.63, 3.8) is 0 Å². The number of carbonyl (C=O) groups is 2. The first-order valence-electron chi connectivity index (χ1n) is 15.2. The Hall–Kier alpha value is -3.11. The van der Waals surface area contributed by atoms with E-state index in [1.54, 1.807) is 53.4 Å². The molecule has 1 aliphatic heterocycles. The van der Waals surface area contributed by atoms with Crippen LogP contribution in [0.25, 0.3) is 0 Å². The van der Waals surface area contributed by atoms with E-state index < -0.39 is 51.8 Å². The zero-order valence-electron chi connectivity index (χ0n) is 26.1. The number of anilines is 1. The fourth-order valence-corrected chi connectivity index (χ4v) is 7.16. The molecule has 1 aliphatic carbocycles. The highest BCUT2D eigenvalue weighted by Crippen LogP contribution is 2.37. The maximum Gasteiger partial charge on any atom is 0.306 e.